The van der Waals surface area contributed by atoms with Crippen molar-refractivity contribution < 1.29 is 24.3 Å². The fourth-order valence-corrected chi connectivity index (χ4v) is 3.43. The van der Waals surface area contributed by atoms with Crippen LogP contribution in [-0.2, 0) is 6.61 Å². The third kappa shape index (κ3) is 5.91. The molecule has 0 saturated heterocycles. The Hall–Kier alpha value is -4.35. The first-order chi connectivity index (χ1) is 16.3. The lowest BCUT2D eigenvalue weighted by Crippen LogP contribution is -2.03. The Kier molecular flexibility index (Phi) is 7.85. The summed E-state index contributed by atoms with van der Waals surface area (Å²) in [5, 5.41) is 30.1. The monoisotopic (exact) mass is 478 g/mol. The molecule has 172 valence electrons. The molecule has 0 fully saturated rings. The van der Waals surface area contributed by atoms with Crippen molar-refractivity contribution in [1.82, 2.24) is 0 Å². The van der Waals surface area contributed by atoms with Gasteiger partial charge in [-0.25, -0.2) is 4.79 Å². The predicted octanol–water partition coefficient (Wildman–Crippen LogP) is 5.99. The van der Waals surface area contributed by atoms with Gasteiger partial charge in [0, 0.05) is 12.1 Å². The Labute approximate surface area is 200 Å². The number of rotatable bonds is 9. The molecule has 0 bridgehead atoms. The van der Waals surface area contributed by atoms with Gasteiger partial charge in [0.25, 0.3) is 5.69 Å². The number of carboxylic acid groups (broad SMARTS) is 1. The van der Waals surface area contributed by atoms with Crippen LogP contribution in [-0.4, -0.2) is 22.6 Å². The molecule has 3 aromatic rings. The fraction of sp³-hybridized carbons (Fsp3) is 0.120. The van der Waals surface area contributed by atoms with E-state index in [1.165, 1.54) is 30.3 Å². The number of nitriles is 1. The number of nitrogens with zero attached hydrogens (tertiary/aromatic N) is 2. The lowest BCUT2D eigenvalue weighted by molar-refractivity contribution is -0.384. The summed E-state index contributed by atoms with van der Waals surface area (Å²) in [5.74, 6) is -0.426. The highest BCUT2D eigenvalue weighted by atomic mass is 35.5. The van der Waals surface area contributed by atoms with E-state index in [9.17, 15) is 20.2 Å². The van der Waals surface area contributed by atoms with Crippen LogP contribution in [0.2, 0.25) is 5.02 Å². The lowest BCUT2D eigenvalue weighted by Gasteiger charge is -2.15. The number of nitro groups is 1. The zero-order valence-electron chi connectivity index (χ0n) is 18.0. The van der Waals surface area contributed by atoms with Gasteiger partial charge in [-0.2, -0.15) is 5.26 Å². The number of ether oxygens (including phenoxy) is 2. The molecule has 0 aromatic heterocycles. The number of carboxylic acids is 1. The van der Waals surface area contributed by atoms with Crippen molar-refractivity contribution in [3.63, 3.8) is 0 Å². The smallest absolute Gasteiger partial charge is 0.335 e. The molecule has 0 atom stereocenters. The van der Waals surface area contributed by atoms with Crippen LogP contribution in [0.5, 0.6) is 11.5 Å². The molecule has 34 heavy (non-hydrogen) atoms. The second kappa shape index (κ2) is 11.0. The van der Waals surface area contributed by atoms with Crippen LogP contribution >= 0.6 is 11.6 Å². The summed E-state index contributed by atoms with van der Waals surface area (Å²) in [7, 11) is 0. The minimum absolute atomic E-state index is 0.0627. The Morgan fingerprint density at radius 2 is 1.88 bits per heavy atom. The average Bonchev–Trinajstić information content (AvgIpc) is 2.82. The molecular weight excluding hydrogens is 460 g/mol. The molecule has 9 heteroatoms. The molecule has 0 unspecified atom stereocenters. The second-order valence-corrected chi connectivity index (χ2v) is 7.44. The van der Waals surface area contributed by atoms with E-state index in [4.69, 9.17) is 26.2 Å². The van der Waals surface area contributed by atoms with Crippen molar-refractivity contribution in [2.24, 2.45) is 0 Å². The van der Waals surface area contributed by atoms with Crippen LogP contribution in [0.15, 0.2) is 60.7 Å². The number of hydrogen-bond acceptors (Lipinski definition) is 6. The minimum Gasteiger partial charge on any atom is -0.490 e. The summed E-state index contributed by atoms with van der Waals surface area (Å²) >= 11 is 6.46. The third-order valence-corrected chi connectivity index (χ3v) is 4.97. The Morgan fingerprint density at radius 3 is 2.56 bits per heavy atom. The van der Waals surface area contributed by atoms with Crippen LogP contribution in [0.4, 0.5) is 5.69 Å². The van der Waals surface area contributed by atoms with Gasteiger partial charge in [0.15, 0.2) is 11.5 Å². The molecule has 8 nitrogen and oxygen atoms in total. The van der Waals surface area contributed by atoms with Crippen LogP contribution in [0, 0.1) is 21.4 Å². The quantitative estimate of drug-likeness (QED) is 0.173. The summed E-state index contributed by atoms with van der Waals surface area (Å²) in [6, 6.07) is 17.4. The number of carbonyl (C=O) groups is 1. The van der Waals surface area contributed by atoms with E-state index in [0.29, 0.717) is 29.0 Å². The third-order valence-electron chi connectivity index (χ3n) is 4.69. The van der Waals surface area contributed by atoms with Crippen molar-refractivity contribution >= 4 is 34.9 Å². The first-order valence-electron chi connectivity index (χ1n) is 10.1. The minimum atomic E-state index is -1.04. The fourth-order valence-electron chi connectivity index (χ4n) is 3.16. The van der Waals surface area contributed by atoms with E-state index in [2.05, 4.69) is 6.07 Å². The number of aromatic carboxylic acids is 1. The molecule has 1 N–H and O–H groups in total. The Morgan fingerprint density at radius 1 is 1.15 bits per heavy atom. The summed E-state index contributed by atoms with van der Waals surface area (Å²) in [5.41, 5.74) is 1.80. The summed E-state index contributed by atoms with van der Waals surface area (Å²) < 4.78 is 11.5. The van der Waals surface area contributed by atoms with Crippen LogP contribution in [0.25, 0.3) is 11.6 Å². The predicted molar refractivity (Wildman–Crippen MR) is 127 cm³/mol. The standard InChI is InChI=1S/C25H19ClN2O6/c1-2-33-23-12-17(10-20(14-27)18-6-4-8-21(13-18)28(31)32)11-22(26)24(23)34-15-16-5-3-7-19(9-16)25(29)30/h3-13H,2,15H2,1H3,(H,29,30)/b20-10-. The summed E-state index contributed by atoms with van der Waals surface area (Å²) in [6.07, 6.45) is 1.55. The highest BCUT2D eigenvalue weighted by molar-refractivity contribution is 6.32. The highest BCUT2D eigenvalue weighted by Gasteiger charge is 2.15. The van der Waals surface area contributed by atoms with E-state index >= 15 is 0 Å². The Balaban J connectivity index is 1.93. The number of non-ortho nitro benzene ring substituents is 1. The molecule has 0 radical (unpaired) electrons. The number of allylic oxidation sites excluding steroid dienone is 1. The maximum absolute atomic E-state index is 11.2. The van der Waals surface area contributed by atoms with Gasteiger partial charge in [-0.05, 0) is 54.0 Å². The van der Waals surface area contributed by atoms with Gasteiger partial charge in [0.1, 0.15) is 6.61 Å². The van der Waals surface area contributed by atoms with Gasteiger partial charge in [0.05, 0.1) is 33.8 Å². The Bertz CT molecular complexity index is 1310. The number of nitro benzene ring substituents is 1. The SMILES string of the molecule is CCOc1cc(/C=C(/C#N)c2cccc([N+](=O)[O-])c2)cc(Cl)c1OCc1cccc(C(=O)O)c1. The topological polar surface area (TPSA) is 123 Å². The van der Waals surface area contributed by atoms with Crippen molar-refractivity contribution in [2.45, 2.75) is 13.5 Å². The molecule has 0 heterocycles. The van der Waals surface area contributed by atoms with Gasteiger partial charge in [0.2, 0.25) is 0 Å². The normalized spacial score (nSPS) is 10.9. The molecule has 3 aromatic carbocycles. The van der Waals surface area contributed by atoms with Gasteiger partial charge in [-0.15, -0.1) is 0 Å². The molecule has 0 aliphatic heterocycles. The second-order valence-electron chi connectivity index (χ2n) is 7.03. The highest BCUT2D eigenvalue weighted by Crippen LogP contribution is 2.38. The van der Waals surface area contributed by atoms with E-state index in [-0.39, 0.29) is 34.2 Å². The maximum Gasteiger partial charge on any atom is 0.335 e. The lowest BCUT2D eigenvalue weighted by atomic mass is 10.0. The molecule has 0 aliphatic rings. The number of benzene rings is 3. The van der Waals surface area contributed by atoms with E-state index < -0.39 is 10.9 Å². The number of halogens is 1. The van der Waals surface area contributed by atoms with Gasteiger partial charge < -0.3 is 14.6 Å². The largest absolute Gasteiger partial charge is 0.490 e. The zero-order chi connectivity index (χ0) is 24.7. The first-order valence-corrected chi connectivity index (χ1v) is 10.5. The maximum atomic E-state index is 11.2. The van der Waals surface area contributed by atoms with Crippen molar-refractivity contribution in [2.75, 3.05) is 6.61 Å². The molecule has 0 amide bonds. The van der Waals surface area contributed by atoms with Gasteiger partial charge in [-0.1, -0.05) is 35.9 Å². The molecular formula is C25H19ClN2O6. The van der Waals surface area contributed by atoms with Crippen molar-refractivity contribution in [3.8, 4) is 17.6 Å². The van der Waals surface area contributed by atoms with Crippen molar-refractivity contribution in [1.29, 1.82) is 5.26 Å². The van der Waals surface area contributed by atoms with E-state index in [1.54, 1.807) is 43.3 Å². The van der Waals surface area contributed by atoms with E-state index in [1.807, 2.05) is 0 Å². The molecule has 0 saturated carbocycles. The van der Waals surface area contributed by atoms with E-state index in [0.717, 1.165) is 0 Å². The molecule has 3 rings (SSSR count). The summed E-state index contributed by atoms with van der Waals surface area (Å²) in [6.45, 7) is 2.18. The molecule has 0 aliphatic carbocycles. The summed E-state index contributed by atoms with van der Waals surface area (Å²) in [4.78, 5) is 21.7. The zero-order valence-corrected chi connectivity index (χ0v) is 18.8. The molecule has 0 spiro atoms. The average molecular weight is 479 g/mol. The van der Waals surface area contributed by atoms with Gasteiger partial charge in [-0.3, -0.25) is 10.1 Å². The van der Waals surface area contributed by atoms with Crippen LogP contribution in [0.3, 0.4) is 0 Å². The first kappa shape index (κ1) is 24.3. The van der Waals surface area contributed by atoms with Crippen molar-refractivity contribution in [3.05, 3.63) is 98.1 Å². The van der Waals surface area contributed by atoms with Gasteiger partial charge >= 0.3 is 5.97 Å². The van der Waals surface area contributed by atoms with Crippen LogP contribution < -0.4 is 9.47 Å². The number of hydrogen-bond donors (Lipinski definition) is 1. The van der Waals surface area contributed by atoms with Crippen LogP contribution in [0.1, 0.15) is 34.0 Å².